The number of hydrogen-bond donors (Lipinski definition) is 1. The molecule has 0 spiro atoms. The molecular formula is C16H13BrClNO2. The van der Waals surface area contributed by atoms with Gasteiger partial charge in [0.05, 0.1) is 5.56 Å². The summed E-state index contributed by atoms with van der Waals surface area (Å²) in [5.41, 5.74) is 1.11. The van der Waals surface area contributed by atoms with E-state index in [0.29, 0.717) is 21.9 Å². The SMILES string of the molecule is O=C(c1cccc(Cl)c1)c1ccc(Br)cc1OC1CNC1. The average Bonchev–Trinajstić information content (AvgIpc) is 2.42. The summed E-state index contributed by atoms with van der Waals surface area (Å²) in [4.78, 5) is 12.6. The molecule has 1 aliphatic heterocycles. The highest BCUT2D eigenvalue weighted by molar-refractivity contribution is 9.10. The average molecular weight is 367 g/mol. The van der Waals surface area contributed by atoms with Crippen molar-refractivity contribution in [3.8, 4) is 5.75 Å². The topological polar surface area (TPSA) is 38.3 Å². The van der Waals surface area contributed by atoms with Crippen molar-refractivity contribution in [1.82, 2.24) is 5.32 Å². The van der Waals surface area contributed by atoms with Crippen LogP contribution in [0.3, 0.4) is 0 Å². The minimum Gasteiger partial charge on any atom is -0.487 e. The maximum Gasteiger partial charge on any atom is 0.196 e. The highest BCUT2D eigenvalue weighted by Crippen LogP contribution is 2.28. The number of carbonyl (C=O) groups is 1. The Labute approximate surface area is 136 Å². The lowest BCUT2D eigenvalue weighted by molar-refractivity contribution is 0.102. The van der Waals surface area contributed by atoms with Crippen molar-refractivity contribution in [3.63, 3.8) is 0 Å². The van der Waals surface area contributed by atoms with E-state index in [0.717, 1.165) is 17.6 Å². The predicted molar refractivity (Wildman–Crippen MR) is 86.3 cm³/mol. The van der Waals surface area contributed by atoms with E-state index < -0.39 is 0 Å². The Kier molecular flexibility index (Phi) is 4.29. The molecule has 2 aromatic rings. The zero-order valence-electron chi connectivity index (χ0n) is 11.1. The lowest BCUT2D eigenvalue weighted by Gasteiger charge is -2.28. The van der Waals surface area contributed by atoms with E-state index in [-0.39, 0.29) is 11.9 Å². The van der Waals surface area contributed by atoms with E-state index in [1.165, 1.54) is 0 Å². The van der Waals surface area contributed by atoms with Gasteiger partial charge >= 0.3 is 0 Å². The molecule has 0 radical (unpaired) electrons. The summed E-state index contributed by atoms with van der Waals surface area (Å²) in [5.74, 6) is 0.508. The smallest absolute Gasteiger partial charge is 0.196 e. The Morgan fingerprint density at radius 1 is 1.24 bits per heavy atom. The summed E-state index contributed by atoms with van der Waals surface area (Å²) in [6.07, 6.45) is 0.116. The van der Waals surface area contributed by atoms with Crippen LogP contribution in [0.2, 0.25) is 5.02 Å². The molecule has 1 saturated heterocycles. The molecule has 108 valence electrons. The van der Waals surface area contributed by atoms with Crippen molar-refractivity contribution in [2.75, 3.05) is 13.1 Å². The van der Waals surface area contributed by atoms with Crippen LogP contribution in [-0.4, -0.2) is 25.0 Å². The van der Waals surface area contributed by atoms with Gasteiger partial charge in [0.1, 0.15) is 11.9 Å². The van der Waals surface area contributed by atoms with Gasteiger partial charge < -0.3 is 10.1 Å². The maximum atomic E-state index is 12.6. The Hall–Kier alpha value is -1.36. The number of halogens is 2. The normalized spacial score (nSPS) is 14.6. The number of ketones is 1. The molecule has 1 heterocycles. The molecule has 1 aliphatic rings. The van der Waals surface area contributed by atoms with E-state index in [9.17, 15) is 4.79 Å². The second-order valence-corrected chi connectivity index (χ2v) is 6.23. The summed E-state index contributed by atoms with van der Waals surface area (Å²) < 4.78 is 6.77. The van der Waals surface area contributed by atoms with Gasteiger partial charge in [-0.1, -0.05) is 39.7 Å². The van der Waals surface area contributed by atoms with Crippen molar-refractivity contribution in [2.24, 2.45) is 0 Å². The second kappa shape index (κ2) is 6.18. The lowest BCUT2D eigenvalue weighted by Crippen LogP contribution is -2.50. The maximum absolute atomic E-state index is 12.6. The third-order valence-corrected chi connectivity index (χ3v) is 4.04. The van der Waals surface area contributed by atoms with E-state index in [1.54, 1.807) is 30.3 Å². The quantitative estimate of drug-likeness (QED) is 0.839. The first-order valence-corrected chi connectivity index (χ1v) is 7.78. The minimum absolute atomic E-state index is 0.0905. The van der Waals surface area contributed by atoms with Crippen LogP contribution in [0, 0.1) is 0 Å². The number of ether oxygens (including phenoxy) is 1. The zero-order chi connectivity index (χ0) is 14.8. The van der Waals surface area contributed by atoms with Crippen LogP contribution in [0.5, 0.6) is 5.75 Å². The molecule has 0 saturated carbocycles. The molecule has 3 rings (SSSR count). The minimum atomic E-state index is -0.0905. The van der Waals surface area contributed by atoms with Gasteiger partial charge in [0.25, 0.3) is 0 Å². The number of benzene rings is 2. The van der Waals surface area contributed by atoms with Crippen LogP contribution in [0.1, 0.15) is 15.9 Å². The molecule has 0 amide bonds. The Morgan fingerprint density at radius 2 is 2.05 bits per heavy atom. The van der Waals surface area contributed by atoms with Gasteiger partial charge in [-0.05, 0) is 30.3 Å². The van der Waals surface area contributed by atoms with Gasteiger partial charge in [0.2, 0.25) is 0 Å². The zero-order valence-corrected chi connectivity index (χ0v) is 13.4. The van der Waals surface area contributed by atoms with Gasteiger partial charge in [-0.25, -0.2) is 0 Å². The first-order chi connectivity index (χ1) is 10.1. The first-order valence-electron chi connectivity index (χ1n) is 6.60. The third kappa shape index (κ3) is 3.28. The van der Waals surface area contributed by atoms with Crippen molar-refractivity contribution in [1.29, 1.82) is 0 Å². The summed E-state index contributed by atoms with van der Waals surface area (Å²) in [5, 5.41) is 3.69. The lowest BCUT2D eigenvalue weighted by atomic mass is 10.0. The fraction of sp³-hybridized carbons (Fsp3) is 0.188. The fourth-order valence-electron chi connectivity index (χ4n) is 2.09. The van der Waals surface area contributed by atoms with E-state index >= 15 is 0 Å². The van der Waals surface area contributed by atoms with Crippen LogP contribution in [0.4, 0.5) is 0 Å². The van der Waals surface area contributed by atoms with E-state index in [1.807, 2.05) is 12.1 Å². The molecule has 0 bridgehead atoms. The number of rotatable bonds is 4. The molecular weight excluding hydrogens is 354 g/mol. The van der Waals surface area contributed by atoms with Crippen LogP contribution >= 0.6 is 27.5 Å². The van der Waals surface area contributed by atoms with Crippen molar-refractivity contribution in [3.05, 3.63) is 63.1 Å². The molecule has 3 nitrogen and oxygen atoms in total. The van der Waals surface area contributed by atoms with Gasteiger partial charge in [-0.2, -0.15) is 0 Å². The largest absolute Gasteiger partial charge is 0.487 e. The number of nitrogens with one attached hydrogen (secondary N) is 1. The van der Waals surface area contributed by atoms with Crippen LogP contribution in [0.15, 0.2) is 46.9 Å². The van der Waals surface area contributed by atoms with Crippen LogP contribution in [0.25, 0.3) is 0 Å². The van der Waals surface area contributed by atoms with E-state index in [2.05, 4.69) is 21.2 Å². The molecule has 0 aromatic heterocycles. The number of carbonyl (C=O) groups excluding carboxylic acids is 1. The Morgan fingerprint density at radius 3 is 2.71 bits per heavy atom. The summed E-state index contributed by atoms with van der Waals surface area (Å²) in [6.45, 7) is 1.61. The Bertz CT molecular complexity index is 686. The monoisotopic (exact) mass is 365 g/mol. The van der Waals surface area contributed by atoms with Crippen molar-refractivity contribution in [2.45, 2.75) is 6.10 Å². The second-order valence-electron chi connectivity index (χ2n) is 4.88. The van der Waals surface area contributed by atoms with Crippen LogP contribution in [-0.2, 0) is 0 Å². The third-order valence-electron chi connectivity index (χ3n) is 3.31. The standard InChI is InChI=1S/C16H13BrClNO2/c17-11-4-5-14(15(7-11)21-13-8-19-9-13)16(20)10-2-1-3-12(18)6-10/h1-7,13,19H,8-9H2. The summed E-state index contributed by atoms with van der Waals surface area (Å²) >= 11 is 9.37. The molecule has 1 fully saturated rings. The summed E-state index contributed by atoms with van der Waals surface area (Å²) in [6, 6.07) is 12.4. The molecule has 0 aliphatic carbocycles. The fourth-order valence-corrected chi connectivity index (χ4v) is 2.62. The van der Waals surface area contributed by atoms with Gasteiger partial charge in [0, 0.05) is 28.1 Å². The highest BCUT2D eigenvalue weighted by Gasteiger charge is 2.22. The number of hydrogen-bond acceptors (Lipinski definition) is 3. The first kappa shape index (κ1) is 14.6. The molecule has 0 unspecified atom stereocenters. The summed E-state index contributed by atoms with van der Waals surface area (Å²) in [7, 11) is 0. The van der Waals surface area contributed by atoms with Crippen molar-refractivity contribution < 1.29 is 9.53 Å². The van der Waals surface area contributed by atoms with Gasteiger partial charge in [-0.3, -0.25) is 4.79 Å². The molecule has 2 aromatic carbocycles. The Balaban J connectivity index is 1.94. The van der Waals surface area contributed by atoms with E-state index in [4.69, 9.17) is 16.3 Å². The van der Waals surface area contributed by atoms with Crippen molar-refractivity contribution >= 4 is 33.3 Å². The van der Waals surface area contributed by atoms with Gasteiger partial charge in [-0.15, -0.1) is 0 Å². The van der Waals surface area contributed by atoms with Crippen LogP contribution < -0.4 is 10.1 Å². The van der Waals surface area contributed by atoms with Gasteiger partial charge in [0.15, 0.2) is 5.78 Å². The molecule has 5 heteroatoms. The molecule has 1 N–H and O–H groups in total. The molecule has 0 atom stereocenters. The molecule has 21 heavy (non-hydrogen) atoms. The predicted octanol–water partition coefficient (Wildman–Crippen LogP) is 3.68. The highest BCUT2D eigenvalue weighted by atomic mass is 79.9.